The van der Waals surface area contributed by atoms with E-state index in [-0.39, 0.29) is 6.04 Å². The molecule has 1 aliphatic heterocycles. The van der Waals surface area contributed by atoms with Gasteiger partial charge in [0.2, 0.25) is 0 Å². The molecule has 8 heteroatoms. The summed E-state index contributed by atoms with van der Waals surface area (Å²) in [6.45, 7) is 2.22. The minimum absolute atomic E-state index is 0.305. The molecule has 1 saturated heterocycles. The third kappa shape index (κ3) is 4.64. The van der Waals surface area contributed by atoms with Gasteiger partial charge in [0.25, 0.3) is 0 Å². The van der Waals surface area contributed by atoms with Crippen LogP contribution in [0.25, 0.3) is 22.2 Å². The van der Waals surface area contributed by atoms with Gasteiger partial charge in [0, 0.05) is 24.3 Å². The van der Waals surface area contributed by atoms with Crippen LogP contribution in [0.4, 0.5) is 5.82 Å². The largest absolute Gasteiger partial charge is 0.489 e. The van der Waals surface area contributed by atoms with Gasteiger partial charge < -0.3 is 20.1 Å². The van der Waals surface area contributed by atoms with E-state index in [1.807, 2.05) is 48.5 Å². The van der Waals surface area contributed by atoms with E-state index in [1.165, 1.54) is 6.33 Å². The number of fused-ring (bicyclic) bond motifs is 1. The zero-order valence-corrected chi connectivity index (χ0v) is 20.7. The number of anilines is 1. The highest BCUT2D eigenvalue weighted by Gasteiger charge is 2.37. The van der Waals surface area contributed by atoms with Gasteiger partial charge in [0.05, 0.1) is 5.39 Å². The van der Waals surface area contributed by atoms with E-state index in [0.29, 0.717) is 24.4 Å². The maximum Gasteiger partial charge on any atom is 0.320 e. The topological polar surface area (TPSA) is 107 Å². The Balaban J connectivity index is 1.22. The summed E-state index contributed by atoms with van der Waals surface area (Å²) in [5.74, 6) is 1.04. The van der Waals surface area contributed by atoms with E-state index in [2.05, 4.69) is 31.7 Å². The van der Waals surface area contributed by atoms with Gasteiger partial charge in [-0.2, -0.15) is 0 Å². The summed E-state index contributed by atoms with van der Waals surface area (Å²) >= 11 is 0. The number of aromatic nitrogens is 3. The fourth-order valence-electron chi connectivity index (χ4n) is 5.83. The summed E-state index contributed by atoms with van der Waals surface area (Å²) in [7, 11) is 0. The van der Waals surface area contributed by atoms with Crippen LogP contribution in [0.2, 0.25) is 0 Å². The molecule has 0 radical (unpaired) electrons. The Morgan fingerprint density at radius 2 is 1.95 bits per heavy atom. The third-order valence-electron chi connectivity index (χ3n) is 7.78. The Morgan fingerprint density at radius 3 is 2.76 bits per heavy atom. The Hall–Kier alpha value is -3.91. The Labute approximate surface area is 215 Å². The summed E-state index contributed by atoms with van der Waals surface area (Å²) in [4.78, 5) is 22.6. The molecule has 2 fully saturated rings. The van der Waals surface area contributed by atoms with Crippen molar-refractivity contribution in [3.8, 4) is 16.9 Å². The number of likely N-dealkylation sites (tertiary alicyclic amines) is 1. The first-order valence-electron chi connectivity index (χ1n) is 12.9. The standard InChI is InChI=1S/C29H31N5O3/c30-27-26-24(21-8-4-9-23(14-21)37-17-19-6-2-1-3-7-19)16-34(28(26)32-18-31-27)22-12-20(13-22)15-33-11-5-10-25(33)29(35)36/h1-4,6-9,14,16,18,20,22,25H,5,10-13,15,17H2,(H,35,36)(H2,30,31,32)/t20?,22?,25-/m0/s1. The summed E-state index contributed by atoms with van der Waals surface area (Å²) in [6.07, 6.45) is 7.37. The highest BCUT2D eigenvalue weighted by molar-refractivity contribution is 6.00. The van der Waals surface area contributed by atoms with Crippen molar-refractivity contribution in [1.82, 2.24) is 19.4 Å². The number of rotatable bonds is 8. The minimum Gasteiger partial charge on any atom is -0.489 e. The van der Waals surface area contributed by atoms with E-state index < -0.39 is 5.97 Å². The lowest BCUT2D eigenvalue weighted by Crippen LogP contribution is -2.42. The van der Waals surface area contributed by atoms with Gasteiger partial charge >= 0.3 is 5.97 Å². The van der Waals surface area contributed by atoms with Crippen LogP contribution in [0.1, 0.15) is 37.3 Å². The Bertz CT molecular complexity index is 1410. The van der Waals surface area contributed by atoms with Gasteiger partial charge in [-0.3, -0.25) is 9.69 Å². The number of nitrogens with zero attached hydrogens (tertiary/aromatic N) is 4. The number of hydrogen-bond acceptors (Lipinski definition) is 6. The predicted octanol–water partition coefficient (Wildman–Crippen LogP) is 4.76. The van der Waals surface area contributed by atoms with Crippen LogP contribution in [-0.2, 0) is 11.4 Å². The van der Waals surface area contributed by atoms with Crippen LogP contribution in [0, 0.1) is 5.92 Å². The number of nitrogens with two attached hydrogens (primary N) is 1. The van der Waals surface area contributed by atoms with Crippen molar-refractivity contribution in [1.29, 1.82) is 0 Å². The molecule has 3 heterocycles. The molecule has 6 rings (SSSR count). The number of aliphatic carboxylic acids is 1. The first-order chi connectivity index (χ1) is 18.1. The summed E-state index contributed by atoms with van der Waals surface area (Å²) < 4.78 is 8.30. The van der Waals surface area contributed by atoms with Crippen molar-refractivity contribution >= 4 is 22.8 Å². The van der Waals surface area contributed by atoms with E-state index >= 15 is 0 Å². The van der Waals surface area contributed by atoms with Gasteiger partial charge in [-0.05, 0) is 61.4 Å². The first-order valence-corrected chi connectivity index (χ1v) is 12.9. The van der Waals surface area contributed by atoms with Crippen molar-refractivity contribution < 1.29 is 14.6 Å². The van der Waals surface area contributed by atoms with Crippen molar-refractivity contribution in [3.05, 3.63) is 72.7 Å². The molecule has 4 aromatic rings. The SMILES string of the molecule is Nc1ncnc2c1c(-c1cccc(OCc3ccccc3)c1)cn2C1CC(CN2CCC[C@H]2C(=O)O)C1. The highest BCUT2D eigenvalue weighted by Crippen LogP contribution is 2.44. The lowest BCUT2D eigenvalue weighted by molar-refractivity contribution is -0.142. The van der Waals surface area contributed by atoms with E-state index in [0.717, 1.165) is 72.2 Å². The van der Waals surface area contributed by atoms with Crippen LogP contribution in [-0.4, -0.2) is 49.6 Å². The molecule has 0 unspecified atom stereocenters. The zero-order valence-electron chi connectivity index (χ0n) is 20.7. The monoisotopic (exact) mass is 497 g/mol. The van der Waals surface area contributed by atoms with Gasteiger partial charge in [-0.25, -0.2) is 9.97 Å². The smallest absolute Gasteiger partial charge is 0.320 e. The highest BCUT2D eigenvalue weighted by atomic mass is 16.5. The number of carboxylic acid groups (broad SMARTS) is 1. The lowest BCUT2D eigenvalue weighted by atomic mass is 9.79. The molecule has 190 valence electrons. The summed E-state index contributed by atoms with van der Waals surface area (Å²) in [5, 5.41) is 10.4. The zero-order chi connectivity index (χ0) is 25.4. The molecule has 1 saturated carbocycles. The summed E-state index contributed by atoms with van der Waals surface area (Å²) in [5.41, 5.74) is 10.3. The second kappa shape index (κ2) is 9.86. The van der Waals surface area contributed by atoms with Crippen LogP contribution >= 0.6 is 0 Å². The van der Waals surface area contributed by atoms with Gasteiger partial charge in [-0.1, -0.05) is 42.5 Å². The van der Waals surface area contributed by atoms with Gasteiger partial charge in [0.1, 0.15) is 36.2 Å². The number of ether oxygens (including phenoxy) is 1. The molecule has 0 amide bonds. The fraction of sp³-hybridized carbons (Fsp3) is 0.345. The number of carboxylic acids is 1. The quantitative estimate of drug-likeness (QED) is 0.361. The van der Waals surface area contributed by atoms with Crippen molar-refractivity contribution in [3.63, 3.8) is 0 Å². The van der Waals surface area contributed by atoms with Crippen molar-refractivity contribution in [2.24, 2.45) is 5.92 Å². The van der Waals surface area contributed by atoms with Crippen LogP contribution in [0.15, 0.2) is 67.1 Å². The molecule has 0 spiro atoms. The molecule has 2 aromatic carbocycles. The summed E-state index contributed by atoms with van der Waals surface area (Å²) in [6, 6.07) is 18.1. The second-order valence-electron chi connectivity index (χ2n) is 10.2. The van der Waals surface area contributed by atoms with Gasteiger partial charge in [0.15, 0.2) is 0 Å². The molecule has 2 aromatic heterocycles. The minimum atomic E-state index is -0.698. The lowest BCUT2D eigenvalue weighted by Gasteiger charge is -2.39. The van der Waals surface area contributed by atoms with Crippen molar-refractivity contribution in [2.45, 2.75) is 44.4 Å². The number of nitrogen functional groups attached to an aromatic ring is 1. The average Bonchev–Trinajstić information content (AvgIpc) is 3.51. The van der Waals surface area contributed by atoms with E-state index in [1.54, 1.807) is 0 Å². The maximum atomic E-state index is 11.6. The fourth-order valence-corrected chi connectivity index (χ4v) is 5.83. The second-order valence-corrected chi connectivity index (χ2v) is 10.2. The van der Waals surface area contributed by atoms with Gasteiger partial charge in [-0.15, -0.1) is 0 Å². The molecule has 3 N–H and O–H groups in total. The molecule has 1 aliphatic carbocycles. The van der Waals surface area contributed by atoms with E-state index in [4.69, 9.17) is 10.5 Å². The molecule has 1 atom stereocenters. The molecule has 37 heavy (non-hydrogen) atoms. The molecule has 8 nitrogen and oxygen atoms in total. The Morgan fingerprint density at radius 1 is 1.11 bits per heavy atom. The van der Waals surface area contributed by atoms with Crippen molar-refractivity contribution in [2.75, 3.05) is 18.8 Å². The number of benzene rings is 2. The molecular formula is C29H31N5O3. The molecular weight excluding hydrogens is 466 g/mol. The number of hydrogen-bond donors (Lipinski definition) is 2. The van der Waals surface area contributed by atoms with E-state index in [9.17, 15) is 9.90 Å². The third-order valence-corrected chi connectivity index (χ3v) is 7.78. The molecule has 2 aliphatic rings. The first kappa shape index (κ1) is 23.5. The average molecular weight is 498 g/mol. The van der Waals surface area contributed by atoms with Crippen LogP contribution in [0.5, 0.6) is 5.75 Å². The molecule has 0 bridgehead atoms. The normalized spacial score (nSPS) is 21.7. The Kier molecular flexibility index (Phi) is 6.26. The number of carbonyl (C=O) groups is 1. The van der Waals surface area contributed by atoms with Crippen LogP contribution < -0.4 is 10.5 Å². The van der Waals surface area contributed by atoms with Crippen LogP contribution in [0.3, 0.4) is 0 Å². The maximum absolute atomic E-state index is 11.6. The predicted molar refractivity (Wildman–Crippen MR) is 142 cm³/mol.